The SMILES string of the molecule is Cc1ccc(C(=O)NCCc2nc3ccccc3n2Cc2ccc(Cl)c(Cl)c2)cc1. The third-order valence-corrected chi connectivity index (χ3v) is 5.75. The molecule has 0 unspecified atom stereocenters. The highest BCUT2D eigenvalue weighted by Gasteiger charge is 2.12. The minimum Gasteiger partial charge on any atom is -0.352 e. The summed E-state index contributed by atoms with van der Waals surface area (Å²) in [6, 6.07) is 21.2. The summed E-state index contributed by atoms with van der Waals surface area (Å²) in [5.74, 6) is 0.827. The van der Waals surface area contributed by atoms with E-state index in [1.807, 2.05) is 67.6 Å². The average molecular weight is 438 g/mol. The molecule has 1 aromatic heterocycles. The van der Waals surface area contributed by atoms with Crippen molar-refractivity contribution in [3.8, 4) is 0 Å². The zero-order valence-electron chi connectivity index (χ0n) is 16.5. The van der Waals surface area contributed by atoms with Gasteiger partial charge in [-0.3, -0.25) is 4.79 Å². The lowest BCUT2D eigenvalue weighted by Gasteiger charge is -2.11. The summed E-state index contributed by atoms with van der Waals surface area (Å²) in [5.41, 5.74) is 4.80. The van der Waals surface area contributed by atoms with Crippen molar-refractivity contribution < 1.29 is 4.79 Å². The first kappa shape index (κ1) is 20.5. The molecule has 0 radical (unpaired) electrons. The first-order chi connectivity index (χ1) is 14.5. The first-order valence-corrected chi connectivity index (χ1v) is 10.5. The lowest BCUT2D eigenvalue weighted by molar-refractivity contribution is 0.0954. The summed E-state index contributed by atoms with van der Waals surface area (Å²) in [5, 5.41) is 4.06. The van der Waals surface area contributed by atoms with Crippen LogP contribution >= 0.6 is 23.2 Å². The van der Waals surface area contributed by atoms with Crippen LogP contribution in [0.25, 0.3) is 11.0 Å². The van der Waals surface area contributed by atoms with Gasteiger partial charge in [0, 0.05) is 25.1 Å². The van der Waals surface area contributed by atoms with Gasteiger partial charge in [0.05, 0.1) is 21.1 Å². The summed E-state index contributed by atoms with van der Waals surface area (Å²) in [6.07, 6.45) is 0.619. The fourth-order valence-electron chi connectivity index (χ4n) is 3.41. The fourth-order valence-corrected chi connectivity index (χ4v) is 3.73. The molecule has 0 bridgehead atoms. The molecule has 0 fully saturated rings. The van der Waals surface area contributed by atoms with Crippen molar-refractivity contribution in [3.63, 3.8) is 0 Å². The van der Waals surface area contributed by atoms with E-state index in [9.17, 15) is 4.79 Å². The fraction of sp³-hybridized carbons (Fsp3) is 0.167. The van der Waals surface area contributed by atoms with E-state index < -0.39 is 0 Å². The summed E-state index contributed by atoms with van der Waals surface area (Å²) in [4.78, 5) is 17.2. The summed E-state index contributed by atoms with van der Waals surface area (Å²) in [7, 11) is 0. The molecule has 0 atom stereocenters. The number of benzene rings is 3. The van der Waals surface area contributed by atoms with Gasteiger partial charge in [0.1, 0.15) is 5.82 Å². The van der Waals surface area contributed by atoms with E-state index in [-0.39, 0.29) is 5.91 Å². The smallest absolute Gasteiger partial charge is 0.251 e. The predicted octanol–water partition coefficient (Wildman–Crippen LogP) is 5.67. The number of rotatable bonds is 6. The highest BCUT2D eigenvalue weighted by atomic mass is 35.5. The quantitative estimate of drug-likeness (QED) is 0.422. The van der Waals surface area contributed by atoms with E-state index >= 15 is 0 Å². The number of hydrogen-bond donors (Lipinski definition) is 1. The van der Waals surface area contributed by atoms with E-state index in [2.05, 4.69) is 9.88 Å². The Bertz CT molecular complexity index is 1200. The molecule has 4 aromatic rings. The van der Waals surface area contributed by atoms with Gasteiger partial charge >= 0.3 is 0 Å². The topological polar surface area (TPSA) is 46.9 Å². The van der Waals surface area contributed by atoms with E-state index in [1.54, 1.807) is 6.07 Å². The minimum atomic E-state index is -0.0813. The van der Waals surface area contributed by atoms with Crippen molar-refractivity contribution in [1.82, 2.24) is 14.9 Å². The van der Waals surface area contributed by atoms with Crippen molar-refractivity contribution >= 4 is 40.1 Å². The number of hydrogen-bond acceptors (Lipinski definition) is 2. The zero-order valence-corrected chi connectivity index (χ0v) is 18.0. The van der Waals surface area contributed by atoms with Crippen LogP contribution in [0.1, 0.15) is 27.3 Å². The van der Waals surface area contributed by atoms with Gasteiger partial charge in [0.2, 0.25) is 0 Å². The van der Waals surface area contributed by atoms with Crippen molar-refractivity contribution in [1.29, 1.82) is 0 Å². The van der Waals surface area contributed by atoms with E-state index in [4.69, 9.17) is 28.2 Å². The van der Waals surface area contributed by atoms with Crippen LogP contribution in [0.3, 0.4) is 0 Å². The number of fused-ring (bicyclic) bond motifs is 1. The van der Waals surface area contributed by atoms with Crippen molar-refractivity contribution in [2.24, 2.45) is 0 Å². The van der Waals surface area contributed by atoms with Crippen LogP contribution in [-0.4, -0.2) is 22.0 Å². The van der Waals surface area contributed by atoms with Gasteiger partial charge in [-0.15, -0.1) is 0 Å². The van der Waals surface area contributed by atoms with Gasteiger partial charge < -0.3 is 9.88 Å². The number of nitrogens with zero attached hydrogens (tertiary/aromatic N) is 2. The maximum absolute atomic E-state index is 12.4. The number of halogens is 2. The van der Waals surface area contributed by atoms with Gasteiger partial charge in [-0.05, 0) is 48.9 Å². The number of amides is 1. The van der Waals surface area contributed by atoms with Gasteiger partial charge in [-0.1, -0.05) is 59.1 Å². The van der Waals surface area contributed by atoms with Crippen molar-refractivity contribution in [2.75, 3.05) is 6.54 Å². The zero-order chi connectivity index (χ0) is 21.1. The monoisotopic (exact) mass is 437 g/mol. The highest BCUT2D eigenvalue weighted by Crippen LogP contribution is 2.24. The molecule has 4 rings (SSSR count). The first-order valence-electron chi connectivity index (χ1n) is 9.74. The number of nitrogens with one attached hydrogen (secondary N) is 1. The van der Waals surface area contributed by atoms with E-state index in [0.29, 0.717) is 35.1 Å². The van der Waals surface area contributed by atoms with E-state index in [1.165, 1.54) is 0 Å². The predicted molar refractivity (Wildman–Crippen MR) is 123 cm³/mol. The standard InChI is InChI=1S/C24H21Cl2N3O/c1-16-6-9-18(10-7-16)24(30)27-13-12-23-28-21-4-2-3-5-22(21)29(23)15-17-8-11-19(25)20(26)14-17/h2-11,14H,12-13,15H2,1H3,(H,27,30). The molecule has 1 heterocycles. The molecule has 152 valence electrons. The second kappa shape index (κ2) is 8.90. The van der Waals surface area contributed by atoms with Crippen LogP contribution in [0.2, 0.25) is 10.0 Å². The van der Waals surface area contributed by atoms with Crippen LogP contribution in [0, 0.1) is 6.92 Å². The Morgan fingerprint density at radius 2 is 1.77 bits per heavy atom. The van der Waals surface area contributed by atoms with Crippen LogP contribution in [0.4, 0.5) is 0 Å². The Morgan fingerprint density at radius 1 is 1.00 bits per heavy atom. The van der Waals surface area contributed by atoms with Crippen LogP contribution < -0.4 is 5.32 Å². The average Bonchev–Trinajstić information content (AvgIpc) is 3.08. The summed E-state index contributed by atoms with van der Waals surface area (Å²) < 4.78 is 2.16. The van der Waals surface area contributed by atoms with Gasteiger partial charge in [0.15, 0.2) is 0 Å². The second-order valence-corrected chi connectivity index (χ2v) is 8.04. The molecule has 6 heteroatoms. The Hall–Kier alpha value is -2.82. The minimum absolute atomic E-state index is 0.0813. The largest absolute Gasteiger partial charge is 0.352 e. The van der Waals surface area contributed by atoms with Crippen LogP contribution in [0.15, 0.2) is 66.7 Å². The number of aromatic nitrogens is 2. The molecule has 1 N–H and O–H groups in total. The van der Waals surface area contributed by atoms with Crippen molar-refractivity contribution in [3.05, 3.63) is 99.3 Å². The van der Waals surface area contributed by atoms with Gasteiger partial charge in [0.25, 0.3) is 5.91 Å². The summed E-state index contributed by atoms with van der Waals surface area (Å²) >= 11 is 12.2. The van der Waals surface area contributed by atoms with Crippen LogP contribution in [0.5, 0.6) is 0 Å². The third-order valence-electron chi connectivity index (χ3n) is 5.01. The lowest BCUT2D eigenvalue weighted by Crippen LogP contribution is -2.26. The molecule has 0 aliphatic carbocycles. The molecule has 0 aliphatic rings. The number of imidazole rings is 1. The van der Waals surface area contributed by atoms with Crippen LogP contribution in [-0.2, 0) is 13.0 Å². The Labute approximate surface area is 185 Å². The molecule has 30 heavy (non-hydrogen) atoms. The lowest BCUT2D eigenvalue weighted by atomic mass is 10.1. The Morgan fingerprint density at radius 3 is 2.53 bits per heavy atom. The van der Waals surface area contributed by atoms with E-state index in [0.717, 1.165) is 28.0 Å². The number of para-hydroxylation sites is 2. The molecule has 1 amide bonds. The Balaban J connectivity index is 1.53. The second-order valence-electron chi connectivity index (χ2n) is 7.22. The maximum atomic E-state index is 12.4. The number of carbonyl (C=O) groups excluding carboxylic acids is 1. The van der Waals surface area contributed by atoms with Gasteiger partial charge in [-0.2, -0.15) is 0 Å². The molecule has 0 aliphatic heterocycles. The third kappa shape index (κ3) is 4.50. The molecular weight excluding hydrogens is 417 g/mol. The Kier molecular flexibility index (Phi) is 6.07. The normalized spacial score (nSPS) is 11.0. The molecular formula is C24H21Cl2N3O. The summed E-state index contributed by atoms with van der Waals surface area (Å²) in [6.45, 7) is 3.12. The molecule has 0 saturated heterocycles. The highest BCUT2D eigenvalue weighted by molar-refractivity contribution is 6.42. The number of aryl methyl sites for hydroxylation is 1. The van der Waals surface area contributed by atoms with Crippen molar-refractivity contribution in [2.45, 2.75) is 19.9 Å². The molecule has 0 spiro atoms. The maximum Gasteiger partial charge on any atom is 0.251 e. The molecule has 3 aromatic carbocycles. The molecule has 0 saturated carbocycles. The van der Waals surface area contributed by atoms with Gasteiger partial charge in [-0.25, -0.2) is 4.98 Å². The number of carbonyl (C=O) groups is 1. The molecule has 4 nitrogen and oxygen atoms in total.